The van der Waals surface area contributed by atoms with Crippen molar-refractivity contribution in [3.05, 3.63) is 29.6 Å². The summed E-state index contributed by atoms with van der Waals surface area (Å²) in [6, 6.07) is 3.75. The molecule has 3 rings (SSSR count). The van der Waals surface area contributed by atoms with E-state index in [9.17, 15) is 9.90 Å². The molecule has 0 spiro atoms. The third kappa shape index (κ3) is 2.21. The summed E-state index contributed by atoms with van der Waals surface area (Å²) in [5.74, 6) is 0. The van der Waals surface area contributed by atoms with Gasteiger partial charge in [-0.25, -0.2) is 9.36 Å². The fourth-order valence-corrected chi connectivity index (χ4v) is 2.79. The van der Waals surface area contributed by atoms with Crippen LogP contribution in [0, 0.1) is 6.92 Å². The number of pyridine rings is 1. The molecule has 0 aliphatic carbocycles. The van der Waals surface area contributed by atoms with Gasteiger partial charge in [-0.3, -0.25) is 9.88 Å². The Morgan fingerprint density at radius 3 is 2.79 bits per heavy atom. The van der Waals surface area contributed by atoms with Crippen molar-refractivity contribution < 1.29 is 9.90 Å². The highest BCUT2D eigenvalue weighted by molar-refractivity contribution is 5.88. The SMILES string of the molecule is Cc1cc2ncc(CN3CCCC3)cc2n1C(=O)O. The maximum atomic E-state index is 11.3. The lowest BCUT2D eigenvalue weighted by Crippen LogP contribution is -2.18. The lowest BCUT2D eigenvalue weighted by atomic mass is 10.2. The van der Waals surface area contributed by atoms with Crippen LogP contribution in [0.25, 0.3) is 11.0 Å². The van der Waals surface area contributed by atoms with Crippen LogP contribution in [0.15, 0.2) is 18.3 Å². The molecule has 3 heterocycles. The lowest BCUT2D eigenvalue weighted by molar-refractivity contribution is 0.197. The predicted molar refractivity (Wildman–Crippen MR) is 72.4 cm³/mol. The lowest BCUT2D eigenvalue weighted by Gasteiger charge is -2.14. The number of carbonyl (C=O) groups is 1. The van der Waals surface area contributed by atoms with Crippen molar-refractivity contribution in [2.45, 2.75) is 26.3 Å². The zero-order chi connectivity index (χ0) is 13.4. The topological polar surface area (TPSA) is 58.4 Å². The molecule has 5 nitrogen and oxygen atoms in total. The zero-order valence-electron chi connectivity index (χ0n) is 11.0. The van der Waals surface area contributed by atoms with Crippen molar-refractivity contribution in [1.29, 1.82) is 0 Å². The molecule has 1 aliphatic rings. The second kappa shape index (κ2) is 4.66. The number of fused-ring (bicyclic) bond motifs is 1. The second-order valence-corrected chi connectivity index (χ2v) is 5.13. The Morgan fingerprint density at radius 1 is 1.37 bits per heavy atom. The van der Waals surface area contributed by atoms with Crippen LogP contribution in [0.1, 0.15) is 24.1 Å². The minimum Gasteiger partial charge on any atom is -0.464 e. The van der Waals surface area contributed by atoms with Crippen molar-refractivity contribution in [3.8, 4) is 0 Å². The summed E-state index contributed by atoms with van der Waals surface area (Å²) in [6.45, 7) is 4.89. The summed E-state index contributed by atoms with van der Waals surface area (Å²) in [7, 11) is 0. The van der Waals surface area contributed by atoms with Crippen LogP contribution >= 0.6 is 0 Å². The van der Waals surface area contributed by atoms with Gasteiger partial charge in [0.2, 0.25) is 0 Å². The van der Waals surface area contributed by atoms with E-state index in [-0.39, 0.29) is 0 Å². The summed E-state index contributed by atoms with van der Waals surface area (Å²) < 4.78 is 1.30. The molecule has 1 saturated heterocycles. The van der Waals surface area contributed by atoms with Crippen LogP contribution in [0.2, 0.25) is 0 Å². The molecule has 0 amide bonds. The van der Waals surface area contributed by atoms with E-state index in [0.717, 1.165) is 30.7 Å². The number of rotatable bonds is 2. The summed E-state index contributed by atoms with van der Waals surface area (Å²) in [6.07, 6.45) is 3.40. The maximum absolute atomic E-state index is 11.3. The Labute approximate surface area is 111 Å². The number of aromatic nitrogens is 2. The van der Waals surface area contributed by atoms with Crippen LogP contribution < -0.4 is 0 Å². The smallest absolute Gasteiger partial charge is 0.416 e. The minimum absolute atomic E-state index is 0.682. The molecule has 19 heavy (non-hydrogen) atoms. The van der Waals surface area contributed by atoms with Gasteiger partial charge in [0.1, 0.15) is 0 Å². The normalized spacial score (nSPS) is 16.3. The molecule has 0 bridgehead atoms. The average molecular weight is 259 g/mol. The van der Waals surface area contributed by atoms with Gasteiger partial charge >= 0.3 is 6.09 Å². The molecule has 2 aromatic rings. The van der Waals surface area contributed by atoms with E-state index in [2.05, 4.69) is 9.88 Å². The van der Waals surface area contributed by atoms with Gasteiger partial charge in [0.15, 0.2) is 0 Å². The molecule has 0 saturated carbocycles. The summed E-state index contributed by atoms with van der Waals surface area (Å²) in [5.41, 5.74) is 3.20. The number of likely N-dealkylation sites (tertiary alicyclic amines) is 1. The number of nitrogens with zero attached hydrogens (tertiary/aromatic N) is 3. The highest BCUT2D eigenvalue weighted by Crippen LogP contribution is 2.20. The monoisotopic (exact) mass is 259 g/mol. The van der Waals surface area contributed by atoms with E-state index in [4.69, 9.17) is 0 Å². The van der Waals surface area contributed by atoms with Gasteiger partial charge in [-0.1, -0.05) is 0 Å². The highest BCUT2D eigenvalue weighted by Gasteiger charge is 2.15. The molecule has 2 aromatic heterocycles. The Kier molecular flexibility index (Phi) is 2.98. The third-order valence-corrected chi connectivity index (χ3v) is 3.69. The first-order valence-electron chi connectivity index (χ1n) is 6.58. The van der Waals surface area contributed by atoms with Crippen molar-refractivity contribution in [2.75, 3.05) is 13.1 Å². The Morgan fingerprint density at radius 2 is 2.11 bits per heavy atom. The first-order chi connectivity index (χ1) is 9.15. The molecule has 5 heteroatoms. The van der Waals surface area contributed by atoms with E-state index in [1.807, 2.05) is 18.3 Å². The van der Waals surface area contributed by atoms with Gasteiger partial charge in [0, 0.05) is 18.4 Å². The minimum atomic E-state index is -0.951. The van der Waals surface area contributed by atoms with Gasteiger partial charge in [0.25, 0.3) is 0 Å². The Bertz CT molecular complexity index is 627. The van der Waals surface area contributed by atoms with Crippen molar-refractivity contribution in [1.82, 2.24) is 14.5 Å². The van der Waals surface area contributed by atoms with E-state index in [0.29, 0.717) is 11.2 Å². The van der Waals surface area contributed by atoms with Crippen LogP contribution in [0.4, 0.5) is 4.79 Å². The van der Waals surface area contributed by atoms with E-state index in [1.54, 1.807) is 6.92 Å². The van der Waals surface area contributed by atoms with E-state index in [1.165, 1.54) is 17.4 Å². The number of hydrogen-bond acceptors (Lipinski definition) is 3. The van der Waals surface area contributed by atoms with E-state index < -0.39 is 6.09 Å². The van der Waals surface area contributed by atoms with Gasteiger partial charge in [0.05, 0.1) is 11.0 Å². The van der Waals surface area contributed by atoms with Gasteiger partial charge in [-0.15, -0.1) is 0 Å². The van der Waals surface area contributed by atoms with Gasteiger partial charge in [-0.2, -0.15) is 0 Å². The highest BCUT2D eigenvalue weighted by atomic mass is 16.4. The van der Waals surface area contributed by atoms with Crippen molar-refractivity contribution in [2.24, 2.45) is 0 Å². The number of hydrogen-bond donors (Lipinski definition) is 1. The van der Waals surface area contributed by atoms with Crippen LogP contribution in [-0.2, 0) is 6.54 Å². The molecule has 0 radical (unpaired) electrons. The average Bonchev–Trinajstić information content (AvgIpc) is 2.95. The van der Waals surface area contributed by atoms with Crippen LogP contribution in [0.3, 0.4) is 0 Å². The van der Waals surface area contributed by atoms with E-state index >= 15 is 0 Å². The fourth-order valence-electron chi connectivity index (χ4n) is 2.79. The third-order valence-electron chi connectivity index (χ3n) is 3.69. The van der Waals surface area contributed by atoms with Gasteiger partial charge < -0.3 is 5.11 Å². The first-order valence-corrected chi connectivity index (χ1v) is 6.58. The van der Waals surface area contributed by atoms with Crippen molar-refractivity contribution >= 4 is 17.1 Å². The predicted octanol–water partition coefficient (Wildman–Crippen LogP) is 2.47. The molecular weight excluding hydrogens is 242 g/mol. The molecule has 0 atom stereocenters. The van der Waals surface area contributed by atoms with Crippen molar-refractivity contribution in [3.63, 3.8) is 0 Å². The van der Waals surface area contributed by atoms with Crippen LogP contribution in [0.5, 0.6) is 0 Å². The summed E-state index contributed by atoms with van der Waals surface area (Å²) in [4.78, 5) is 18.0. The summed E-state index contributed by atoms with van der Waals surface area (Å²) >= 11 is 0. The fraction of sp³-hybridized carbons (Fsp3) is 0.429. The zero-order valence-corrected chi connectivity index (χ0v) is 11.0. The molecule has 100 valence electrons. The second-order valence-electron chi connectivity index (χ2n) is 5.13. The standard InChI is InChI=1S/C14H17N3O2/c1-10-6-12-13(17(10)14(18)19)7-11(8-15-12)9-16-4-2-3-5-16/h6-8H,2-5,9H2,1H3,(H,18,19). The Balaban J connectivity index is 1.98. The van der Waals surface area contributed by atoms with Gasteiger partial charge in [-0.05, 0) is 50.6 Å². The molecular formula is C14H17N3O2. The largest absolute Gasteiger partial charge is 0.464 e. The maximum Gasteiger partial charge on any atom is 0.416 e. The number of carboxylic acid groups (broad SMARTS) is 1. The first kappa shape index (κ1) is 12.2. The quantitative estimate of drug-likeness (QED) is 0.900. The molecule has 1 fully saturated rings. The molecule has 1 aliphatic heterocycles. The summed E-state index contributed by atoms with van der Waals surface area (Å²) in [5, 5.41) is 9.25. The molecule has 0 unspecified atom stereocenters. The Hall–Kier alpha value is -1.88. The molecule has 1 N–H and O–H groups in total. The van der Waals surface area contributed by atoms with Crippen LogP contribution in [-0.4, -0.2) is 38.7 Å². The molecule has 0 aromatic carbocycles. The number of aryl methyl sites for hydroxylation is 1.